The van der Waals surface area contributed by atoms with Gasteiger partial charge in [-0.25, -0.2) is 0 Å². The van der Waals surface area contributed by atoms with E-state index < -0.39 is 0 Å². The fourth-order valence-corrected chi connectivity index (χ4v) is 1.81. The predicted octanol–water partition coefficient (Wildman–Crippen LogP) is 2.69. The van der Waals surface area contributed by atoms with E-state index in [9.17, 15) is 4.79 Å². The van der Waals surface area contributed by atoms with Crippen molar-refractivity contribution in [1.82, 2.24) is 10.3 Å². The van der Waals surface area contributed by atoms with Crippen molar-refractivity contribution < 1.29 is 4.79 Å². The second-order valence-corrected chi connectivity index (χ2v) is 4.43. The number of carbonyl (C=O) groups excluding carboxylic acids is 1. The maximum absolute atomic E-state index is 11.7. The zero-order valence-corrected chi connectivity index (χ0v) is 11.1. The molecule has 0 saturated carbocycles. The van der Waals surface area contributed by atoms with E-state index >= 15 is 0 Å². The number of aromatic nitrogens is 1. The molecule has 0 fully saturated rings. The first-order valence-corrected chi connectivity index (χ1v) is 6.63. The van der Waals surface area contributed by atoms with Crippen LogP contribution in [0.4, 0.5) is 0 Å². The van der Waals surface area contributed by atoms with Gasteiger partial charge in [0.15, 0.2) is 0 Å². The van der Waals surface area contributed by atoms with Gasteiger partial charge in [-0.2, -0.15) is 0 Å². The van der Waals surface area contributed by atoms with Crippen molar-refractivity contribution in [1.29, 1.82) is 0 Å². The third-order valence-corrected chi connectivity index (χ3v) is 2.91. The number of amides is 1. The molecule has 1 aromatic rings. The molecule has 1 amide bonds. The van der Waals surface area contributed by atoms with Crippen LogP contribution < -0.4 is 5.32 Å². The number of aryl methyl sites for hydroxylation is 1. The van der Waals surface area contributed by atoms with Crippen LogP contribution in [0.5, 0.6) is 0 Å². The number of alkyl halides is 1. The monoisotopic (exact) mass is 284 g/mol. The molecule has 4 heteroatoms. The molecule has 0 spiro atoms. The minimum atomic E-state index is -0.0237. The topological polar surface area (TPSA) is 42.0 Å². The van der Waals surface area contributed by atoms with Crippen molar-refractivity contribution in [3.63, 3.8) is 0 Å². The van der Waals surface area contributed by atoms with Gasteiger partial charge in [-0.1, -0.05) is 22.4 Å². The second kappa shape index (κ2) is 7.39. The van der Waals surface area contributed by atoms with Crippen LogP contribution in [0.3, 0.4) is 0 Å². The van der Waals surface area contributed by atoms with Crippen LogP contribution >= 0.6 is 15.9 Å². The summed E-state index contributed by atoms with van der Waals surface area (Å²) < 4.78 is 0. The minimum absolute atomic E-state index is 0.0237. The van der Waals surface area contributed by atoms with Gasteiger partial charge >= 0.3 is 0 Å². The van der Waals surface area contributed by atoms with Crippen molar-refractivity contribution in [3.05, 3.63) is 29.6 Å². The SMILES string of the molecule is Cc1ncccc1C(=O)NCCCCCBr. The third-order valence-electron chi connectivity index (χ3n) is 2.35. The van der Waals surface area contributed by atoms with Gasteiger partial charge in [0.1, 0.15) is 0 Å². The van der Waals surface area contributed by atoms with Crippen LogP contribution in [0, 0.1) is 6.92 Å². The van der Waals surface area contributed by atoms with E-state index in [-0.39, 0.29) is 5.91 Å². The molecule has 0 aliphatic heterocycles. The number of nitrogens with one attached hydrogen (secondary N) is 1. The van der Waals surface area contributed by atoms with E-state index in [1.165, 1.54) is 0 Å². The number of halogens is 1. The number of hydrogen-bond donors (Lipinski definition) is 1. The first-order valence-electron chi connectivity index (χ1n) is 5.51. The van der Waals surface area contributed by atoms with Gasteiger partial charge in [-0.05, 0) is 31.9 Å². The molecule has 0 aliphatic rings. The lowest BCUT2D eigenvalue weighted by Gasteiger charge is -2.06. The Kier molecular flexibility index (Phi) is 6.08. The van der Waals surface area contributed by atoms with Crippen LogP contribution in [-0.4, -0.2) is 22.8 Å². The summed E-state index contributed by atoms with van der Waals surface area (Å²) in [5.41, 5.74) is 1.45. The lowest BCUT2D eigenvalue weighted by atomic mass is 10.2. The average molecular weight is 285 g/mol. The number of unbranched alkanes of at least 4 members (excludes halogenated alkanes) is 2. The molecular formula is C12H17BrN2O. The smallest absolute Gasteiger partial charge is 0.253 e. The Morgan fingerprint density at radius 1 is 1.44 bits per heavy atom. The molecule has 0 aliphatic carbocycles. The Bertz CT molecular complexity index is 342. The number of carbonyl (C=O) groups is 1. The molecule has 1 rings (SSSR count). The maximum atomic E-state index is 11.7. The van der Waals surface area contributed by atoms with Crippen molar-refractivity contribution in [2.75, 3.05) is 11.9 Å². The molecule has 1 aromatic heterocycles. The predicted molar refractivity (Wildman–Crippen MR) is 69.0 cm³/mol. The molecule has 1 N–H and O–H groups in total. The third kappa shape index (κ3) is 4.31. The van der Waals surface area contributed by atoms with Gasteiger partial charge in [0, 0.05) is 23.8 Å². The lowest BCUT2D eigenvalue weighted by Crippen LogP contribution is -2.25. The molecular weight excluding hydrogens is 268 g/mol. The Morgan fingerprint density at radius 3 is 2.94 bits per heavy atom. The summed E-state index contributed by atoms with van der Waals surface area (Å²) in [4.78, 5) is 15.8. The van der Waals surface area contributed by atoms with Gasteiger partial charge in [-0.3, -0.25) is 9.78 Å². The summed E-state index contributed by atoms with van der Waals surface area (Å²) in [7, 11) is 0. The van der Waals surface area contributed by atoms with Crippen molar-refractivity contribution in [2.45, 2.75) is 26.2 Å². The standard InChI is InChI=1S/C12H17BrN2O/c1-10-11(6-5-9-14-10)12(16)15-8-4-2-3-7-13/h5-6,9H,2-4,7-8H2,1H3,(H,15,16). The lowest BCUT2D eigenvalue weighted by molar-refractivity contribution is 0.0952. The quantitative estimate of drug-likeness (QED) is 0.645. The van der Waals surface area contributed by atoms with Crippen LogP contribution in [0.25, 0.3) is 0 Å². The molecule has 88 valence electrons. The summed E-state index contributed by atoms with van der Waals surface area (Å²) in [5.74, 6) is -0.0237. The normalized spacial score (nSPS) is 10.1. The van der Waals surface area contributed by atoms with Gasteiger partial charge in [0.05, 0.1) is 5.56 Å². The number of hydrogen-bond acceptors (Lipinski definition) is 2. The molecule has 3 nitrogen and oxygen atoms in total. The average Bonchev–Trinajstić information content (AvgIpc) is 2.29. The molecule has 0 unspecified atom stereocenters. The van der Waals surface area contributed by atoms with E-state index in [4.69, 9.17) is 0 Å². The molecule has 1 heterocycles. The Morgan fingerprint density at radius 2 is 2.25 bits per heavy atom. The largest absolute Gasteiger partial charge is 0.352 e. The van der Waals surface area contributed by atoms with Crippen LogP contribution in [0.1, 0.15) is 35.3 Å². The second-order valence-electron chi connectivity index (χ2n) is 3.64. The van der Waals surface area contributed by atoms with Gasteiger partial charge in [0.25, 0.3) is 5.91 Å². The molecule has 0 aromatic carbocycles. The van der Waals surface area contributed by atoms with Crippen LogP contribution in [0.2, 0.25) is 0 Å². The van der Waals surface area contributed by atoms with Crippen molar-refractivity contribution in [2.24, 2.45) is 0 Å². The van der Waals surface area contributed by atoms with Gasteiger partial charge in [-0.15, -0.1) is 0 Å². The Labute approximate surface area is 105 Å². The number of pyridine rings is 1. The summed E-state index contributed by atoms with van der Waals surface area (Å²) in [6.45, 7) is 2.58. The molecule has 0 atom stereocenters. The van der Waals surface area contributed by atoms with Gasteiger partial charge in [0.2, 0.25) is 0 Å². The minimum Gasteiger partial charge on any atom is -0.352 e. The highest BCUT2D eigenvalue weighted by Gasteiger charge is 2.07. The van der Waals surface area contributed by atoms with E-state index in [1.54, 1.807) is 18.3 Å². The van der Waals surface area contributed by atoms with E-state index in [0.717, 1.165) is 36.8 Å². The molecule has 0 saturated heterocycles. The van der Waals surface area contributed by atoms with Crippen molar-refractivity contribution in [3.8, 4) is 0 Å². The Hall–Kier alpha value is -0.900. The summed E-state index contributed by atoms with van der Waals surface area (Å²) in [5, 5.41) is 3.93. The Balaban J connectivity index is 2.33. The van der Waals surface area contributed by atoms with Crippen molar-refractivity contribution >= 4 is 21.8 Å². The first kappa shape index (κ1) is 13.2. The fourth-order valence-electron chi connectivity index (χ4n) is 1.42. The maximum Gasteiger partial charge on any atom is 0.253 e. The summed E-state index contributed by atoms with van der Waals surface area (Å²) >= 11 is 3.38. The molecule has 0 radical (unpaired) electrons. The molecule has 0 bridgehead atoms. The highest BCUT2D eigenvalue weighted by atomic mass is 79.9. The van der Waals surface area contributed by atoms with Gasteiger partial charge < -0.3 is 5.32 Å². The number of rotatable bonds is 6. The highest BCUT2D eigenvalue weighted by molar-refractivity contribution is 9.09. The molecule has 16 heavy (non-hydrogen) atoms. The zero-order valence-electron chi connectivity index (χ0n) is 9.50. The first-order chi connectivity index (χ1) is 7.75. The van der Waals surface area contributed by atoms with Crippen LogP contribution in [0.15, 0.2) is 18.3 Å². The summed E-state index contributed by atoms with van der Waals surface area (Å²) in [6.07, 6.45) is 5.01. The fraction of sp³-hybridized carbons (Fsp3) is 0.500. The van der Waals surface area contributed by atoms with E-state index in [0.29, 0.717) is 5.56 Å². The van der Waals surface area contributed by atoms with Crippen LogP contribution in [-0.2, 0) is 0 Å². The van der Waals surface area contributed by atoms with E-state index in [2.05, 4.69) is 26.2 Å². The number of nitrogens with zero attached hydrogens (tertiary/aromatic N) is 1. The zero-order chi connectivity index (χ0) is 11.8. The van der Waals surface area contributed by atoms with E-state index in [1.807, 2.05) is 6.92 Å². The highest BCUT2D eigenvalue weighted by Crippen LogP contribution is 2.03. The summed E-state index contributed by atoms with van der Waals surface area (Å²) in [6, 6.07) is 3.59.